The topological polar surface area (TPSA) is 84.3 Å². The number of nitrogens with zero attached hydrogens (tertiary/aromatic N) is 2. The minimum Gasteiger partial charge on any atom is -0.481 e. The molecule has 1 aliphatic rings. The van der Waals surface area contributed by atoms with Crippen LogP contribution in [0.25, 0.3) is 0 Å². The van der Waals surface area contributed by atoms with Crippen molar-refractivity contribution in [2.24, 2.45) is 5.92 Å². The molecule has 0 saturated heterocycles. The highest BCUT2D eigenvalue weighted by atomic mass is 32.1. The lowest BCUT2D eigenvalue weighted by Crippen LogP contribution is -2.41. The summed E-state index contributed by atoms with van der Waals surface area (Å²) in [7, 11) is 1.56. The van der Waals surface area contributed by atoms with Gasteiger partial charge in [-0.1, -0.05) is 6.07 Å². The first-order valence-corrected chi connectivity index (χ1v) is 8.35. The molecule has 1 saturated carbocycles. The zero-order chi connectivity index (χ0) is 16.4. The van der Waals surface area contributed by atoms with Crippen LogP contribution in [0.1, 0.15) is 39.9 Å². The standard InChI is InChI=1S/C16H19N3O3S/c1-9-18-13(8-23-9)16(21)19-15(11-5-12(20)6-11)10-3-4-14(22-2)17-7-10/h3-4,7-8,11-12,15,20H,5-6H2,1-2H3,(H,19,21)/t11?,12?,15-/m0/s1. The molecule has 1 aliphatic carbocycles. The van der Waals surface area contributed by atoms with Gasteiger partial charge >= 0.3 is 0 Å². The number of amides is 1. The van der Waals surface area contributed by atoms with Gasteiger partial charge in [0, 0.05) is 17.6 Å². The van der Waals surface area contributed by atoms with Crippen LogP contribution >= 0.6 is 11.3 Å². The van der Waals surface area contributed by atoms with Crippen LogP contribution in [0.3, 0.4) is 0 Å². The molecule has 2 heterocycles. The van der Waals surface area contributed by atoms with E-state index in [-0.39, 0.29) is 24.0 Å². The summed E-state index contributed by atoms with van der Waals surface area (Å²) in [5.74, 6) is 0.531. The summed E-state index contributed by atoms with van der Waals surface area (Å²) in [4.78, 5) is 20.9. The number of ether oxygens (including phenoxy) is 1. The molecule has 0 unspecified atom stereocenters. The number of nitrogens with one attached hydrogen (secondary N) is 1. The van der Waals surface area contributed by atoms with Crippen LogP contribution in [0, 0.1) is 12.8 Å². The number of carbonyl (C=O) groups is 1. The summed E-state index contributed by atoms with van der Waals surface area (Å²) >= 11 is 1.45. The van der Waals surface area contributed by atoms with Crippen LogP contribution < -0.4 is 10.1 Å². The number of rotatable bonds is 5. The van der Waals surface area contributed by atoms with Crippen molar-refractivity contribution in [1.82, 2.24) is 15.3 Å². The normalized spacial score (nSPS) is 21.3. The molecule has 7 heteroatoms. The van der Waals surface area contributed by atoms with Crippen LogP contribution in [0.2, 0.25) is 0 Å². The average molecular weight is 333 g/mol. The highest BCUT2D eigenvalue weighted by molar-refractivity contribution is 7.09. The van der Waals surface area contributed by atoms with E-state index >= 15 is 0 Å². The number of methoxy groups -OCH3 is 1. The lowest BCUT2D eigenvalue weighted by molar-refractivity contribution is 0.0234. The molecule has 1 fully saturated rings. The third-order valence-electron chi connectivity index (χ3n) is 4.09. The quantitative estimate of drug-likeness (QED) is 0.875. The lowest BCUT2D eigenvalue weighted by atomic mass is 9.75. The number of aryl methyl sites for hydroxylation is 1. The summed E-state index contributed by atoms with van der Waals surface area (Å²) in [6, 6.07) is 3.48. The summed E-state index contributed by atoms with van der Waals surface area (Å²) in [5, 5.41) is 15.2. The Balaban J connectivity index is 1.79. The molecule has 1 amide bonds. The Morgan fingerprint density at radius 1 is 1.48 bits per heavy atom. The first-order valence-electron chi connectivity index (χ1n) is 7.48. The van der Waals surface area contributed by atoms with E-state index in [4.69, 9.17) is 4.74 Å². The summed E-state index contributed by atoms with van der Waals surface area (Å²) in [5.41, 5.74) is 1.34. The molecule has 23 heavy (non-hydrogen) atoms. The number of aliphatic hydroxyl groups is 1. The Bertz CT molecular complexity index is 680. The molecule has 2 aromatic rings. The first kappa shape index (κ1) is 15.9. The van der Waals surface area contributed by atoms with E-state index in [0.717, 1.165) is 10.6 Å². The third kappa shape index (κ3) is 3.51. The SMILES string of the molecule is COc1ccc([C@H](NC(=O)c2csc(C)n2)C2CC(O)C2)cn1. The second-order valence-electron chi connectivity index (χ2n) is 5.72. The number of aliphatic hydroxyl groups excluding tert-OH is 1. The van der Waals surface area contributed by atoms with E-state index in [1.807, 2.05) is 13.0 Å². The summed E-state index contributed by atoms with van der Waals surface area (Å²) < 4.78 is 5.07. The van der Waals surface area contributed by atoms with Crippen molar-refractivity contribution in [2.45, 2.75) is 31.9 Å². The molecule has 0 aromatic carbocycles. The Morgan fingerprint density at radius 2 is 2.26 bits per heavy atom. The van der Waals surface area contributed by atoms with Gasteiger partial charge in [0.05, 0.1) is 24.3 Å². The van der Waals surface area contributed by atoms with Gasteiger partial charge in [-0.3, -0.25) is 4.79 Å². The molecule has 0 radical (unpaired) electrons. The molecule has 1 atom stereocenters. The Morgan fingerprint density at radius 3 is 2.78 bits per heavy atom. The molecule has 0 spiro atoms. The highest BCUT2D eigenvalue weighted by Crippen LogP contribution is 2.38. The van der Waals surface area contributed by atoms with Gasteiger partial charge in [-0.15, -0.1) is 11.3 Å². The molecule has 0 bridgehead atoms. The number of hydrogen-bond acceptors (Lipinski definition) is 6. The largest absolute Gasteiger partial charge is 0.481 e. The summed E-state index contributed by atoms with van der Waals surface area (Å²) in [6.45, 7) is 1.87. The van der Waals surface area contributed by atoms with Crippen molar-refractivity contribution < 1.29 is 14.6 Å². The van der Waals surface area contributed by atoms with Crippen molar-refractivity contribution in [3.63, 3.8) is 0 Å². The average Bonchev–Trinajstić information content (AvgIpc) is 2.96. The van der Waals surface area contributed by atoms with Crippen LogP contribution in [0.5, 0.6) is 5.88 Å². The number of thiazole rings is 1. The predicted octanol–water partition coefficient (Wildman–Crippen LogP) is 2.10. The monoisotopic (exact) mass is 333 g/mol. The minimum absolute atomic E-state index is 0.189. The molecular formula is C16H19N3O3S. The molecule has 0 aliphatic heterocycles. The van der Waals surface area contributed by atoms with Crippen molar-refractivity contribution >= 4 is 17.2 Å². The highest BCUT2D eigenvalue weighted by Gasteiger charge is 2.36. The Hall–Kier alpha value is -1.99. The molecule has 122 valence electrons. The maximum absolute atomic E-state index is 12.4. The fourth-order valence-corrected chi connectivity index (χ4v) is 3.35. The van der Waals surface area contributed by atoms with Gasteiger partial charge in [0.25, 0.3) is 5.91 Å². The predicted molar refractivity (Wildman–Crippen MR) is 86.6 cm³/mol. The number of aromatic nitrogens is 2. The van der Waals surface area contributed by atoms with Crippen molar-refractivity contribution in [2.75, 3.05) is 7.11 Å². The van der Waals surface area contributed by atoms with Crippen molar-refractivity contribution in [3.05, 3.63) is 40.0 Å². The minimum atomic E-state index is -0.285. The smallest absolute Gasteiger partial charge is 0.271 e. The van der Waals surface area contributed by atoms with Gasteiger partial charge in [-0.2, -0.15) is 0 Å². The van der Waals surface area contributed by atoms with Gasteiger partial charge in [-0.05, 0) is 31.2 Å². The van der Waals surface area contributed by atoms with Gasteiger partial charge in [0.1, 0.15) is 5.69 Å². The van der Waals surface area contributed by atoms with Gasteiger partial charge in [-0.25, -0.2) is 9.97 Å². The Kier molecular flexibility index (Phi) is 4.58. The molecule has 3 rings (SSSR count). The van der Waals surface area contributed by atoms with E-state index in [2.05, 4.69) is 15.3 Å². The van der Waals surface area contributed by atoms with Crippen LogP contribution in [0.15, 0.2) is 23.7 Å². The first-order chi connectivity index (χ1) is 11.1. The lowest BCUT2D eigenvalue weighted by Gasteiger charge is -2.38. The van der Waals surface area contributed by atoms with Gasteiger partial charge in [0.2, 0.25) is 5.88 Å². The van der Waals surface area contributed by atoms with E-state index in [0.29, 0.717) is 24.4 Å². The van der Waals surface area contributed by atoms with Crippen LogP contribution in [-0.4, -0.2) is 34.2 Å². The second kappa shape index (κ2) is 6.64. The van der Waals surface area contributed by atoms with Crippen molar-refractivity contribution in [3.8, 4) is 5.88 Å². The maximum Gasteiger partial charge on any atom is 0.271 e. The zero-order valence-corrected chi connectivity index (χ0v) is 13.8. The number of hydrogen-bond donors (Lipinski definition) is 2. The van der Waals surface area contributed by atoms with E-state index in [9.17, 15) is 9.90 Å². The zero-order valence-electron chi connectivity index (χ0n) is 13.0. The molecule has 2 aromatic heterocycles. The van der Waals surface area contributed by atoms with E-state index in [1.165, 1.54) is 11.3 Å². The Labute approximate surface area is 138 Å². The fraction of sp³-hybridized carbons (Fsp3) is 0.438. The number of pyridine rings is 1. The van der Waals surface area contributed by atoms with Gasteiger partial charge in [0.15, 0.2) is 0 Å². The van der Waals surface area contributed by atoms with Crippen molar-refractivity contribution in [1.29, 1.82) is 0 Å². The van der Waals surface area contributed by atoms with Crippen LogP contribution in [0.4, 0.5) is 0 Å². The third-order valence-corrected chi connectivity index (χ3v) is 4.86. The number of carbonyl (C=O) groups excluding carboxylic acids is 1. The molecule has 2 N–H and O–H groups in total. The maximum atomic E-state index is 12.4. The molecular weight excluding hydrogens is 314 g/mol. The fourth-order valence-electron chi connectivity index (χ4n) is 2.75. The van der Waals surface area contributed by atoms with Gasteiger partial charge < -0.3 is 15.2 Å². The molecule has 6 nitrogen and oxygen atoms in total. The second-order valence-corrected chi connectivity index (χ2v) is 6.78. The van der Waals surface area contributed by atoms with E-state index in [1.54, 1.807) is 24.8 Å². The van der Waals surface area contributed by atoms with E-state index < -0.39 is 0 Å². The summed E-state index contributed by atoms with van der Waals surface area (Å²) in [6.07, 6.45) is 2.77. The van der Waals surface area contributed by atoms with Crippen LogP contribution in [-0.2, 0) is 0 Å².